The highest BCUT2D eigenvalue weighted by Crippen LogP contribution is 2.19. The third kappa shape index (κ3) is 4.80. The Morgan fingerprint density at radius 2 is 1.64 bits per heavy atom. The second-order valence-corrected chi connectivity index (χ2v) is 9.02. The molecule has 2 heterocycles. The first-order valence-corrected chi connectivity index (χ1v) is 10.5. The van der Waals surface area contributed by atoms with Gasteiger partial charge in [0.25, 0.3) is 10.2 Å². The first-order valence-electron chi connectivity index (χ1n) is 9.12. The molecule has 0 bridgehead atoms. The number of hydrogen-bond acceptors (Lipinski definition) is 4. The third-order valence-electron chi connectivity index (χ3n) is 4.84. The molecule has 0 saturated carbocycles. The van der Waals surface area contributed by atoms with Gasteiger partial charge >= 0.3 is 0 Å². The van der Waals surface area contributed by atoms with Crippen LogP contribution in [0.15, 0.2) is 30.3 Å². The maximum atomic E-state index is 13.0. The van der Waals surface area contributed by atoms with Crippen LogP contribution in [0.25, 0.3) is 0 Å². The van der Waals surface area contributed by atoms with E-state index in [1.165, 1.54) is 5.56 Å². The lowest BCUT2D eigenvalue weighted by Crippen LogP contribution is -2.53. The number of ether oxygens (including phenoxy) is 1. The van der Waals surface area contributed by atoms with Crippen LogP contribution in [-0.4, -0.2) is 73.4 Å². The fraction of sp³-hybridized carbons (Fsp3) is 0.667. The minimum Gasteiger partial charge on any atom is -0.373 e. The minimum absolute atomic E-state index is 0.0555. The molecular formula is C18H29N3O3S. The van der Waals surface area contributed by atoms with Crippen molar-refractivity contribution < 1.29 is 13.2 Å². The van der Waals surface area contributed by atoms with E-state index in [4.69, 9.17) is 4.74 Å². The Morgan fingerprint density at radius 3 is 2.32 bits per heavy atom. The zero-order valence-electron chi connectivity index (χ0n) is 15.2. The molecule has 0 radical (unpaired) electrons. The van der Waals surface area contributed by atoms with E-state index in [0.717, 1.165) is 26.1 Å². The van der Waals surface area contributed by atoms with E-state index in [9.17, 15) is 8.42 Å². The molecule has 0 spiro atoms. The Hall–Kier alpha value is -0.990. The minimum atomic E-state index is -3.41. The summed E-state index contributed by atoms with van der Waals surface area (Å²) in [5.74, 6) is 0. The van der Waals surface area contributed by atoms with Gasteiger partial charge in [0.15, 0.2) is 0 Å². The van der Waals surface area contributed by atoms with E-state index in [2.05, 4.69) is 17.0 Å². The van der Waals surface area contributed by atoms with Crippen molar-refractivity contribution in [2.45, 2.75) is 39.0 Å². The highest BCUT2D eigenvalue weighted by atomic mass is 32.2. The number of benzene rings is 1. The monoisotopic (exact) mass is 367 g/mol. The van der Waals surface area contributed by atoms with Crippen molar-refractivity contribution in [2.24, 2.45) is 0 Å². The van der Waals surface area contributed by atoms with Crippen LogP contribution in [0, 0.1) is 0 Å². The average molecular weight is 368 g/mol. The zero-order valence-corrected chi connectivity index (χ0v) is 16.0. The van der Waals surface area contributed by atoms with Crippen molar-refractivity contribution in [1.29, 1.82) is 0 Å². The van der Waals surface area contributed by atoms with Gasteiger partial charge in [0.1, 0.15) is 0 Å². The second-order valence-electron chi connectivity index (χ2n) is 7.10. The smallest absolute Gasteiger partial charge is 0.282 e. The molecule has 1 aromatic rings. The van der Waals surface area contributed by atoms with Gasteiger partial charge < -0.3 is 4.74 Å². The number of hydrogen-bond donors (Lipinski definition) is 0. The highest BCUT2D eigenvalue weighted by molar-refractivity contribution is 7.86. The lowest BCUT2D eigenvalue weighted by atomic mass is 10.2. The summed E-state index contributed by atoms with van der Waals surface area (Å²) in [4.78, 5) is 2.34. The van der Waals surface area contributed by atoms with Gasteiger partial charge in [-0.2, -0.15) is 17.0 Å². The molecule has 7 heteroatoms. The van der Waals surface area contributed by atoms with E-state index in [0.29, 0.717) is 26.2 Å². The summed E-state index contributed by atoms with van der Waals surface area (Å²) in [5.41, 5.74) is 1.27. The highest BCUT2D eigenvalue weighted by Gasteiger charge is 2.35. The van der Waals surface area contributed by atoms with Crippen molar-refractivity contribution in [1.82, 2.24) is 13.5 Å². The Kier molecular flexibility index (Phi) is 6.12. The van der Waals surface area contributed by atoms with Crippen molar-refractivity contribution in [3.05, 3.63) is 35.9 Å². The predicted octanol–water partition coefficient (Wildman–Crippen LogP) is 1.55. The van der Waals surface area contributed by atoms with E-state index in [-0.39, 0.29) is 12.2 Å². The molecule has 2 unspecified atom stereocenters. The van der Waals surface area contributed by atoms with Gasteiger partial charge in [0.05, 0.1) is 12.2 Å². The molecule has 2 fully saturated rings. The van der Waals surface area contributed by atoms with Crippen LogP contribution in [0.3, 0.4) is 0 Å². The summed E-state index contributed by atoms with van der Waals surface area (Å²) in [6.07, 6.45) is 0.752. The Balaban J connectivity index is 1.62. The first kappa shape index (κ1) is 18.8. The fourth-order valence-electron chi connectivity index (χ4n) is 3.66. The second kappa shape index (κ2) is 8.14. The predicted molar refractivity (Wildman–Crippen MR) is 98.4 cm³/mol. The number of rotatable bonds is 4. The normalized spacial score (nSPS) is 27.9. The van der Waals surface area contributed by atoms with Crippen molar-refractivity contribution in [2.75, 3.05) is 39.3 Å². The van der Waals surface area contributed by atoms with Crippen LogP contribution in [0.2, 0.25) is 0 Å². The summed E-state index contributed by atoms with van der Waals surface area (Å²) in [6, 6.07) is 10.4. The van der Waals surface area contributed by atoms with Gasteiger partial charge in [-0.05, 0) is 32.4 Å². The zero-order chi connectivity index (χ0) is 17.9. The standard InChI is InChI=1S/C18H29N3O3S/c1-16-13-21(14-17(2)24-16)25(22,23)20-10-6-9-19(11-12-20)15-18-7-4-3-5-8-18/h3-5,7-8,16-17H,6,9-15H2,1-2H3. The quantitative estimate of drug-likeness (QED) is 0.810. The first-order chi connectivity index (χ1) is 11.9. The molecule has 3 rings (SSSR count). The number of nitrogens with zero attached hydrogens (tertiary/aromatic N) is 3. The molecule has 0 N–H and O–H groups in total. The summed E-state index contributed by atoms with van der Waals surface area (Å²) in [5, 5.41) is 0. The van der Waals surface area contributed by atoms with Gasteiger partial charge in [0, 0.05) is 39.3 Å². The van der Waals surface area contributed by atoms with Gasteiger partial charge in [-0.15, -0.1) is 0 Å². The summed E-state index contributed by atoms with van der Waals surface area (Å²) in [7, 11) is -3.41. The maximum absolute atomic E-state index is 13.0. The van der Waals surface area contributed by atoms with Gasteiger partial charge in [-0.3, -0.25) is 4.90 Å². The molecule has 6 nitrogen and oxygen atoms in total. The molecule has 0 aromatic heterocycles. The van der Waals surface area contributed by atoms with Crippen molar-refractivity contribution in [3.63, 3.8) is 0 Å². The molecule has 1 aromatic carbocycles. The van der Waals surface area contributed by atoms with Gasteiger partial charge in [-0.25, -0.2) is 0 Å². The van der Waals surface area contributed by atoms with E-state index < -0.39 is 10.2 Å². The molecule has 0 amide bonds. The summed E-state index contributed by atoms with van der Waals surface area (Å²) in [6.45, 7) is 8.46. The molecule has 25 heavy (non-hydrogen) atoms. The third-order valence-corrected chi connectivity index (χ3v) is 6.80. The Bertz CT molecular complexity index is 643. The largest absolute Gasteiger partial charge is 0.373 e. The molecule has 2 atom stereocenters. The number of morpholine rings is 1. The van der Waals surface area contributed by atoms with Crippen LogP contribution < -0.4 is 0 Å². The molecule has 2 aliphatic heterocycles. The maximum Gasteiger partial charge on any atom is 0.282 e. The average Bonchev–Trinajstić information content (AvgIpc) is 2.81. The summed E-state index contributed by atoms with van der Waals surface area (Å²) < 4.78 is 35.0. The van der Waals surface area contributed by atoms with Gasteiger partial charge in [-0.1, -0.05) is 30.3 Å². The van der Waals surface area contributed by atoms with E-state index in [1.807, 2.05) is 32.0 Å². The fourth-order valence-corrected chi connectivity index (χ4v) is 5.46. The molecule has 140 valence electrons. The lowest BCUT2D eigenvalue weighted by molar-refractivity contribution is -0.0454. The van der Waals surface area contributed by atoms with Crippen LogP contribution in [-0.2, 0) is 21.5 Å². The Labute approximate surface area is 151 Å². The molecule has 2 aliphatic rings. The van der Waals surface area contributed by atoms with Crippen LogP contribution in [0.5, 0.6) is 0 Å². The Morgan fingerprint density at radius 1 is 0.960 bits per heavy atom. The molecular weight excluding hydrogens is 338 g/mol. The SMILES string of the molecule is CC1CN(S(=O)(=O)N2CCCN(Cc3ccccc3)CC2)CC(C)O1. The molecule has 2 saturated heterocycles. The van der Waals surface area contributed by atoms with Crippen LogP contribution in [0.4, 0.5) is 0 Å². The summed E-state index contributed by atoms with van der Waals surface area (Å²) >= 11 is 0. The van der Waals surface area contributed by atoms with E-state index in [1.54, 1.807) is 8.61 Å². The lowest BCUT2D eigenvalue weighted by Gasteiger charge is -2.37. The van der Waals surface area contributed by atoms with E-state index >= 15 is 0 Å². The van der Waals surface area contributed by atoms with Crippen molar-refractivity contribution >= 4 is 10.2 Å². The van der Waals surface area contributed by atoms with Crippen LogP contribution >= 0.6 is 0 Å². The van der Waals surface area contributed by atoms with Gasteiger partial charge in [0.2, 0.25) is 0 Å². The molecule has 0 aliphatic carbocycles. The van der Waals surface area contributed by atoms with Crippen LogP contribution in [0.1, 0.15) is 25.8 Å². The topological polar surface area (TPSA) is 53.1 Å². The van der Waals surface area contributed by atoms with Crippen molar-refractivity contribution in [3.8, 4) is 0 Å².